The molecule has 2 N–H and O–H groups in total. The molecule has 1 saturated heterocycles. The number of unbranched alkanes of at least 4 members (excludes halogenated alkanes) is 4. The quantitative estimate of drug-likeness (QED) is 0.146. The third-order valence-electron chi connectivity index (χ3n) is 6.37. The largest absolute Gasteiger partial charge is 0.465 e. The van der Waals surface area contributed by atoms with E-state index in [-0.39, 0.29) is 30.3 Å². The fourth-order valence-corrected chi connectivity index (χ4v) is 6.81. The molecule has 1 aliphatic heterocycles. The molecule has 0 aromatic carbocycles. The van der Waals surface area contributed by atoms with Gasteiger partial charge in [0.2, 0.25) is 5.91 Å². The van der Waals surface area contributed by atoms with Crippen LogP contribution in [0.1, 0.15) is 97.1 Å². The Kier molecular flexibility index (Phi) is 15.3. The van der Waals surface area contributed by atoms with E-state index in [4.69, 9.17) is 14.2 Å². The molecule has 10 nitrogen and oxygen atoms in total. The van der Waals surface area contributed by atoms with Crippen molar-refractivity contribution < 1.29 is 33.4 Å². The Morgan fingerprint density at radius 2 is 1.70 bits per heavy atom. The van der Waals surface area contributed by atoms with Gasteiger partial charge >= 0.3 is 18.0 Å². The minimum Gasteiger partial charge on any atom is -0.465 e. The van der Waals surface area contributed by atoms with Crippen molar-refractivity contribution in [2.75, 3.05) is 32.0 Å². The van der Waals surface area contributed by atoms with Crippen LogP contribution in [0.2, 0.25) is 0 Å². The van der Waals surface area contributed by atoms with Gasteiger partial charge in [0.05, 0.1) is 17.9 Å². The average molecular weight is 642 g/mol. The number of nitrogens with zero attached hydrogens (tertiary/aromatic N) is 1. The maximum atomic E-state index is 13.7. The lowest BCUT2D eigenvalue weighted by Crippen LogP contribution is -2.54. The van der Waals surface area contributed by atoms with Crippen LogP contribution in [0.3, 0.4) is 0 Å². The molecule has 244 valence electrons. The summed E-state index contributed by atoms with van der Waals surface area (Å²) in [6, 6.07) is 2.74. The zero-order valence-corrected chi connectivity index (χ0v) is 28.5. The fourth-order valence-electron chi connectivity index (χ4n) is 4.55. The summed E-state index contributed by atoms with van der Waals surface area (Å²) < 4.78 is 16.1. The Morgan fingerprint density at radius 1 is 1.02 bits per heavy atom. The Labute approximate surface area is 265 Å². The van der Waals surface area contributed by atoms with E-state index in [9.17, 15) is 19.2 Å². The van der Waals surface area contributed by atoms with Gasteiger partial charge in [-0.3, -0.25) is 19.7 Å². The highest BCUT2D eigenvalue weighted by molar-refractivity contribution is 7.99. The second-order valence-electron chi connectivity index (χ2n) is 12.7. The number of esters is 2. The summed E-state index contributed by atoms with van der Waals surface area (Å²) in [6.45, 7) is 13.7. The van der Waals surface area contributed by atoms with Gasteiger partial charge in [0.1, 0.15) is 23.8 Å². The number of hydrogen-bond donors (Lipinski definition) is 2. The first-order valence-electron chi connectivity index (χ1n) is 15.2. The predicted molar refractivity (Wildman–Crippen MR) is 171 cm³/mol. The molecule has 1 aromatic heterocycles. The number of hydrogen-bond acceptors (Lipinski definition) is 10. The first kappa shape index (κ1) is 36.9. The van der Waals surface area contributed by atoms with Gasteiger partial charge in [-0.05, 0) is 72.8 Å². The van der Waals surface area contributed by atoms with Crippen LogP contribution in [0, 0.1) is 0 Å². The van der Waals surface area contributed by atoms with Crippen molar-refractivity contribution in [3.05, 3.63) is 22.4 Å². The van der Waals surface area contributed by atoms with Crippen molar-refractivity contribution in [3.63, 3.8) is 0 Å². The van der Waals surface area contributed by atoms with E-state index in [1.165, 1.54) is 0 Å². The van der Waals surface area contributed by atoms with Gasteiger partial charge in [-0.25, -0.2) is 4.79 Å². The summed E-state index contributed by atoms with van der Waals surface area (Å²) in [5.74, 6) is -0.587. The minimum atomic E-state index is -0.658. The summed E-state index contributed by atoms with van der Waals surface area (Å²) in [7, 11) is 0. The van der Waals surface area contributed by atoms with E-state index in [2.05, 4.69) is 10.6 Å². The Morgan fingerprint density at radius 3 is 2.33 bits per heavy atom. The second-order valence-corrected chi connectivity index (χ2v) is 14.9. The van der Waals surface area contributed by atoms with Crippen LogP contribution in [0.5, 0.6) is 0 Å². The van der Waals surface area contributed by atoms with E-state index in [0.717, 1.165) is 37.0 Å². The Balaban J connectivity index is 1.96. The molecule has 0 aliphatic carbocycles. The number of carbonyl (C=O) groups excluding carboxylic acids is 4. The standard InChI is InChI=1S/C31H51N3O7S2/c1-8-39-28(37)22(15-12-10-9-11-13-17-32-29(38)41-31(5,6)7)33-23-21-43-25(24-16-14-18-42-24)19-34(27(23)36)20-26(35)40-30(2,3)4/h14,16,18,22-23,25,33H,8-13,15,17,19-21H2,1-7H3,(H,32,38)/t22-,23?,25?/m0/s1. The summed E-state index contributed by atoms with van der Waals surface area (Å²) in [4.78, 5) is 53.8. The van der Waals surface area contributed by atoms with Gasteiger partial charge in [0, 0.05) is 23.7 Å². The number of carbonyl (C=O) groups is 4. The highest BCUT2D eigenvalue weighted by Gasteiger charge is 2.36. The smallest absolute Gasteiger partial charge is 0.407 e. The van der Waals surface area contributed by atoms with E-state index in [0.29, 0.717) is 25.3 Å². The number of rotatable bonds is 15. The van der Waals surface area contributed by atoms with E-state index >= 15 is 0 Å². The topological polar surface area (TPSA) is 123 Å². The normalized spacial score (nSPS) is 18.5. The number of ether oxygens (including phenoxy) is 3. The highest BCUT2D eigenvalue weighted by atomic mass is 32.2. The van der Waals surface area contributed by atoms with Gasteiger partial charge in [0.25, 0.3) is 0 Å². The predicted octanol–water partition coefficient (Wildman–Crippen LogP) is 5.46. The number of thioether (sulfide) groups is 1. The molecule has 0 spiro atoms. The summed E-state index contributed by atoms with van der Waals surface area (Å²) >= 11 is 3.28. The van der Waals surface area contributed by atoms with Crippen molar-refractivity contribution in [2.24, 2.45) is 0 Å². The molecule has 0 radical (unpaired) electrons. The van der Waals surface area contributed by atoms with Crippen LogP contribution in [0.4, 0.5) is 4.79 Å². The van der Waals surface area contributed by atoms with Gasteiger partial charge in [0.15, 0.2) is 0 Å². The average Bonchev–Trinajstić information content (AvgIpc) is 3.37. The SMILES string of the molecule is CCOC(=O)[C@H](CCCCCCCNC(=O)OC(C)(C)C)NC1CSC(c2cccs2)CN(CC(=O)OC(C)(C)C)C1=O. The van der Waals surface area contributed by atoms with Crippen LogP contribution in [0.25, 0.3) is 0 Å². The van der Waals surface area contributed by atoms with Crippen LogP contribution in [-0.4, -0.2) is 84.1 Å². The third kappa shape index (κ3) is 14.8. The molecule has 2 rings (SSSR count). The first-order chi connectivity index (χ1) is 20.2. The molecule has 43 heavy (non-hydrogen) atoms. The molecule has 2 heterocycles. The molecule has 3 atom stereocenters. The Hall–Kier alpha value is -2.31. The second kappa shape index (κ2) is 17.9. The fraction of sp³-hybridized carbons (Fsp3) is 0.742. The minimum absolute atomic E-state index is 0.0176. The monoisotopic (exact) mass is 641 g/mol. The lowest BCUT2D eigenvalue weighted by Gasteiger charge is -2.28. The lowest BCUT2D eigenvalue weighted by atomic mass is 10.0. The highest BCUT2D eigenvalue weighted by Crippen LogP contribution is 2.36. The molecule has 1 aliphatic rings. The Bertz CT molecular complexity index is 1020. The molecule has 1 fully saturated rings. The zero-order chi connectivity index (χ0) is 32.0. The number of nitrogens with one attached hydrogen (secondary N) is 2. The van der Waals surface area contributed by atoms with Crippen LogP contribution >= 0.6 is 23.1 Å². The lowest BCUT2D eigenvalue weighted by molar-refractivity contribution is -0.159. The molecule has 0 bridgehead atoms. The summed E-state index contributed by atoms with van der Waals surface area (Å²) in [5.41, 5.74) is -1.18. The maximum absolute atomic E-state index is 13.7. The molecular weight excluding hydrogens is 590 g/mol. The van der Waals surface area contributed by atoms with Gasteiger partial charge in [-0.1, -0.05) is 31.7 Å². The maximum Gasteiger partial charge on any atom is 0.407 e. The van der Waals surface area contributed by atoms with Crippen LogP contribution in [-0.2, 0) is 28.6 Å². The third-order valence-corrected chi connectivity index (χ3v) is 8.84. The van der Waals surface area contributed by atoms with E-state index in [1.807, 2.05) is 38.3 Å². The molecule has 2 amide bonds. The van der Waals surface area contributed by atoms with Gasteiger partial charge in [-0.2, -0.15) is 0 Å². The van der Waals surface area contributed by atoms with E-state index in [1.54, 1.807) is 55.7 Å². The first-order valence-corrected chi connectivity index (χ1v) is 17.2. The van der Waals surface area contributed by atoms with Gasteiger partial charge in [-0.15, -0.1) is 23.1 Å². The van der Waals surface area contributed by atoms with Crippen molar-refractivity contribution in [1.29, 1.82) is 0 Å². The van der Waals surface area contributed by atoms with Crippen LogP contribution in [0.15, 0.2) is 17.5 Å². The molecule has 12 heteroatoms. The van der Waals surface area contributed by atoms with Crippen molar-refractivity contribution >= 4 is 47.0 Å². The molecular formula is C31H51N3O7S2. The summed E-state index contributed by atoms with van der Waals surface area (Å²) in [5, 5.41) is 8.09. The van der Waals surface area contributed by atoms with Crippen molar-refractivity contribution in [1.82, 2.24) is 15.5 Å². The van der Waals surface area contributed by atoms with Crippen molar-refractivity contribution in [2.45, 2.75) is 116 Å². The van der Waals surface area contributed by atoms with Gasteiger partial charge < -0.3 is 24.4 Å². The molecule has 2 unspecified atom stereocenters. The number of amides is 2. The zero-order valence-electron chi connectivity index (χ0n) is 26.9. The molecule has 1 aromatic rings. The number of alkyl carbamates (subject to hydrolysis) is 1. The van der Waals surface area contributed by atoms with E-state index < -0.39 is 35.3 Å². The summed E-state index contributed by atoms with van der Waals surface area (Å²) in [6.07, 6.45) is 4.54. The van der Waals surface area contributed by atoms with Crippen LogP contribution < -0.4 is 10.6 Å². The van der Waals surface area contributed by atoms with Crippen molar-refractivity contribution in [3.8, 4) is 0 Å². The molecule has 0 saturated carbocycles. The number of thiophene rings is 1.